The minimum Gasteiger partial charge on any atom is -0.380 e. The predicted octanol–water partition coefficient (Wildman–Crippen LogP) is 4.36. The standard InChI is InChI=1S/C23H32ClN3O2/c1-17(2)8-13-27(19-7-6-18(15-25)21(24)14-19)20-9-12-26(16-20)22(28)23(29)10-4-3-5-11-23/h6-7,14,17,20,29H,3-5,8-13,16H2,1-2H3. The van der Waals surface area contributed by atoms with Crippen molar-refractivity contribution in [1.29, 1.82) is 5.26 Å². The fourth-order valence-corrected chi connectivity index (χ4v) is 4.74. The molecule has 1 saturated carbocycles. The van der Waals surface area contributed by atoms with Crippen molar-refractivity contribution in [3.63, 3.8) is 0 Å². The van der Waals surface area contributed by atoms with Gasteiger partial charge < -0.3 is 14.9 Å². The summed E-state index contributed by atoms with van der Waals surface area (Å²) in [6.07, 6.45) is 6.00. The van der Waals surface area contributed by atoms with Gasteiger partial charge in [-0.1, -0.05) is 44.7 Å². The molecule has 6 heteroatoms. The first-order chi connectivity index (χ1) is 13.8. The first-order valence-corrected chi connectivity index (χ1v) is 11.2. The maximum atomic E-state index is 13.0. The van der Waals surface area contributed by atoms with E-state index in [1.807, 2.05) is 17.0 Å². The first kappa shape index (κ1) is 21.9. The van der Waals surface area contributed by atoms with E-state index in [9.17, 15) is 9.90 Å². The van der Waals surface area contributed by atoms with Crippen LogP contribution in [0.3, 0.4) is 0 Å². The van der Waals surface area contributed by atoms with Crippen LogP contribution in [0.5, 0.6) is 0 Å². The summed E-state index contributed by atoms with van der Waals surface area (Å²) in [5, 5.41) is 20.5. The van der Waals surface area contributed by atoms with Gasteiger partial charge in [0.2, 0.25) is 0 Å². The molecule has 1 aromatic rings. The predicted molar refractivity (Wildman–Crippen MR) is 116 cm³/mol. The van der Waals surface area contributed by atoms with Gasteiger partial charge in [-0.3, -0.25) is 4.79 Å². The van der Waals surface area contributed by atoms with Crippen molar-refractivity contribution in [2.45, 2.75) is 70.4 Å². The average Bonchev–Trinajstić information content (AvgIpc) is 3.17. The van der Waals surface area contributed by atoms with Gasteiger partial charge in [0.15, 0.2) is 0 Å². The number of benzene rings is 1. The third-order valence-corrected chi connectivity index (χ3v) is 6.63. The average molecular weight is 418 g/mol. The maximum absolute atomic E-state index is 13.0. The number of nitrogens with zero attached hydrogens (tertiary/aromatic N) is 3. The van der Waals surface area contributed by atoms with E-state index >= 15 is 0 Å². The Kier molecular flexibility index (Phi) is 7.08. The topological polar surface area (TPSA) is 67.6 Å². The van der Waals surface area contributed by atoms with E-state index < -0.39 is 5.60 Å². The SMILES string of the molecule is CC(C)CCN(c1ccc(C#N)c(Cl)c1)C1CCN(C(=O)C2(O)CCCCC2)C1. The zero-order chi connectivity index (χ0) is 21.0. The summed E-state index contributed by atoms with van der Waals surface area (Å²) >= 11 is 6.30. The Hall–Kier alpha value is -1.77. The molecule has 1 N–H and O–H groups in total. The van der Waals surface area contributed by atoms with Crippen molar-refractivity contribution >= 4 is 23.2 Å². The van der Waals surface area contributed by atoms with E-state index in [1.165, 1.54) is 0 Å². The molecule has 1 heterocycles. The van der Waals surface area contributed by atoms with E-state index in [4.69, 9.17) is 16.9 Å². The highest BCUT2D eigenvalue weighted by Gasteiger charge is 2.42. The van der Waals surface area contributed by atoms with Crippen molar-refractivity contribution in [1.82, 2.24) is 4.90 Å². The van der Waals surface area contributed by atoms with Crippen molar-refractivity contribution in [2.75, 3.05) is 24.5 Å². The fourth-order valence-electron chi connectivity index (χ4n) is 4.52. The van der Waals surface area contributed by atoms with E-state index in [-0.39, 0.29) is 11.9 Å². The van der Waals surface area contributed by atoms with Gasteiger partial charge in [0.05, 0.1) is 10.6 Å². The second-order valence-electron chi connectivity index (χ2n) is 8.94. The molecule has 1 atom stereocenters. The Balaban J connectivity index is 1.76. The van der Waals surface area contributed by atoms with Crippen LogP contribution in [-0.2, 0) is 4.79 Å². The van der Waals surface area contributed by atoms with Crippen molar-refractivity contribution in [3.05, 3.63) is 28.8 Å². The van der Waals surface area contributed by atoms with Gasteiger partial charge in [-0.25, -0.2) is 0 Å². The Morgan fingerprint density at radius 1 is 1.38 bits per heavy atom. The van der Waals surface area contributed by atoms with Crippen molar-refractivity contribution in [3.8, 4) is 6.07 Å². The number of carbonyl (C=O) groups is 1. The van der Waals surface area contributed by atoms with E-state index in [2.05, 4.69) is 24.8 Å². The molecule has 0 aromatic heterocycles. The summed E-state index contributed by atoms with van der Waals surface area (Å²) in [5.74, 6) is 0.467. The molecule has 0 radical (unpaired) electrons. The third-order valence-electron chi connectivity index (χ3n) is 6.32. The van der Waals surface area contributed by atoms with Gasteiger partial charge in [0.1, 0.15) is 11.7 Å². The Morgan fingerprint density at radius 2 is 2.10 bits per heavy atom. The molecule has 158 valence electrons. The zero-order valence-corrected chi connectivity index (χ0v) is 18.3. The number of carbonyl (C=O) groups excluding carboxylic acids is 1. The highest BCUT2D eigenvalue weighted by Crippen LogP contribution is 2.33. The van der Waals surface area contributed by atoms with Crippen LogP contribution in [0.15, 0.2) is 18.2 Å². The van der Waals surface area contributed by atoms with Gasteiger partial charge in [-0.05, 0) is 49.8 Å². The van der Waals surface area contributed by atoms with Crippen LogP contribution in [0.25, 0.3) is 0 Å². The summed E-state index contributed by atoms with van der Waals surface area (Å²) in [7, 11) is 0. The van der Waals surface area contributed by atoms with Gasteiger partial charge >= 0.3 is 0 Å². The lowest BCUT2D eigenvalue weighted by Crippen LogP contribution is -2.50. The molecule has 1 aromatic carbocycles. The van der Waals surface area contributed by atoms with Crippen LogP contribution in [-0.4, -0.2) is 47.2 Å². The summed E-state index contributed by atoms with van der Waals surface area (Å²) in [4.78, 5) is 17.2. The van der Waals surface area contributed by atoms with Crippen LogP contribution >= 0.6 is 11.6 Å². The Morgan fingerprint density at radius 3 is 2.72 bits per heavy atom. The molecule has 1 unspecified atom stereocenters. The van der Waals surface area contributed by atoms with E-state index in [1.54, 1.807) is 6.07 Å². The number of hydrogen-bond acceptors (Lipinski definition) is 4. The largest absolute Gasteiger partial charge is 0.380 e. The molecular formula is C23H32ClN3O2. The van der Waals surface area contributed by atoms with E-state index in [0.29, 0.717) is 42.4 Å². The normalized spacial score (nSPS) is 21.2. The molecule has 0 spiro atoms. The number of likely N-dealkylation sites (tertiary alicyclic amines) is 1. The fraction of sp³-hybridized carbons (Fsp3) is 0.652. The van der Waals surface area contributed by atoms with Gasteiger partial charge in [0, 0.05) is 31.4 Å². The summed E-state index contributed by atoms with van der Waals surface area (Å²) in [6, 6.07) is 7.88. The molecule has 1 amide bonds. The molecule has 1 saturated heterocycles. The van der Waals surface area contributed by atoms with Crippen LogP contribution in [0.1, 0.15) is 64.4 Å². The number of hydrogen-bond donors (Lipinski definition) is 1. The Labute approximate surface area is 179 Å². The van der Waals surface area contributed by atoms with Gasteiger partial charge in [-0.15, -0.1) is 0 Å². The number of halogens is 1. The summed E-state index contributed by atoms with van der Waals surface area (Å²) < 4.78 is 0. The number of rotatable bonds is 6. The summed E-state index contributed by atoms with van der Waals surface area (Å²) in [5.41, 5.74) is 0.292. The zero-order valence-electron chi connectivity index (χ0n) is 17.5. The highest BCUT2D eigenvalue weighted by molar-refractivity contribution is 6.32. The molecule has 0 bridgehead atoms. The molecule has 3 rings (SSSR count). The van der Waals surface area contributed by atoms with Crippen molar-refractivity contribution in [2.24, 2.45) is 5.92 Å². The lowest BCUT2D eigenvalue weighted by Gasteiger charge is -2.35. The van der Waals surface area contributed by atoms with Crippen molar-refractivity contribution < 1.29 is 9.90 Å². The monoisotopic (exact) mass is 417 g/mol. The third kappa shape index (κ3) is 5.05. The van der Waals surface area contributed by atoms with Gasteiger partial charge in [0.25, 0.3) is 5.91 Å². The minimum atomic E-state index is -1.17. The second kappa shape index (κ2) is 9.36. The smallest absolute Gasteiger partial charge is 0.254 e. The molecule has 2 aliphatic rings. The maximum Gasteiger partial charge on any atom is 0.254 e. The Bertz CT molecular complexity index is 768. The quantitative estimate of drug-likeness (QED) is 0.746. The number of aliphatic hydroxyl groups is 1. The minimum absolute atomic E-state index is 0.0960. The molecule has 2 fully saturated rings. The lowest BCUT2D eigenvalue weighted by molar-refractivity contribution is -0.153. The van der Waals surface area contributed by atoms with Crippen LogP contribution in [0.2, 0.25) is 5.02 Å². The van der Waals surface area contributed by atoms with Gasteiger partial charge in [-0.2, -0.15) is 5.26 Å². The number of nitriles is 1. The first-order valence-electron chi connectivity index (χ1n) is 10.8. The lowest BCUT2D eigenvalue weighted by atomic mass is 9.84. The molecular weight excluding hydrogens is 386 g/mol. The molecule has 29 heavy (non-hydrogen) atoms. The molecule has 1 aliphatic carbocycles. The van der Waals surface area contributed by atoms with Crippen LogP contribution < -0.4 is 4.90 Å². The molecule has 5 nitrogen and oxygen atoms in total. The summed E-state index contributed by atoms with van der Waals surface area (Å²) in [6.45, 7) is 6.57. The highest BCUT2D eigenvalue weighted by atomic mass is 35.5. The van der Waals surface area contributed by atoms with Crippen LogP contribution in [0.4, 0.5) is 5.69 Å². The number of anilines is 1. The van der Waals surface area contributed by atoms with E-state index in [0.717, 1.165) is 44.3 Å². The molecule has 1 aliphatic heterocycles. The van der Waals surface area contributed by atoms with Crippen LogP contribution in [0, 0.1) is 17.2 Å². The second-order valence-corrected chi connectivity index (χ2v) is 9.34. The number of amides is 1.